The molecule has 0 amide bonds. The highest BCUT2D eigenvalue weighted by Crippen LogP contribution is 2.40. The maximum absolute atomic E-state index is 10.3. The molecule has 0 aromatic heterocycles. The molecule has 3 aromatic rings. The molecule has 4 N–H and O–H groups in total. The summed E-state index contributed by atoms with van der Waals surface area (Å²) in [7, 11) is 0. The molecule has 0 unspecified atom stereocenters. The van der Waals surface area contributed by atoms with Crippen LogP contribution < -0.4 is 10.5 Å². The third-order valence-electron chi connectivity index (χ3n) is 5.04. The molecule has 1 heterocycles. The molecule has 0 saturated carbocycles. The number of hydrogen-bond acceptors (Lipinski definition) is 5. The van der Waals surface area contributed by atoms with Gasteiger partial charge in [-0.2, -0.15) is 0 Å². The molecule has 3 aromatic carbocycles. The normalized spacial score (nSPS) is 18.5. The van der Waals surface area contributed by atoms with E-state index in [1.165, 1.54) is 6.07 Å². The molecule has 0 radical (unpaired) electrons. The lowest BCUT2D eigenvalue weighted by molar-refractivity contribution is -0.0421. The Kier molecular flexibility index (Phi) is 5.19. The number of para-hydroxylation sites is 1. The molecule has 0 fully saturated rings. The van der Waals surface area contributed by atoms with E-state index in [-0.39, 0.29) is 30.3 Å². The molecule has 0 bridgehead atoms. The zero-order valence-electron chi connectivity index (χ0n) is 15.4. The van der Waals surface area contributed by atoms with Crippen LogP contribution in [0.4, 0.5) is 0 Å². The van der Waals surface area contributed by atoms with Crippen molar-refractivity contribution in [2.24, 2.45) is 5.73 Å². The predicted molar refractivity (Wildman–Crippen MR) is 108 cm³/mol. The van der Waals surface area contributed by atoms with Crippen LogP contribution in [0.25, 0.3) is 11.1 Å². The SMILES string of the molecule is NC[C@@H]1O[C@H](COc2ccccc2-c2ccccc2)Cc2c1ccc(O)c2O. The van der Waals surface area contributed by atoms with E-state index in [2.05, 4.69) is 0 Å². The minimum absolute atomic E-state index is 0.103. The fourth-order valence-electron chi connectivity index (χ4n) is 3.65. The highest BCUT2D eigenvalue weighted by atomic mass is 16.5. The van der Waals surface area contributed by atoms with Crippen molar-refractivity contribution in [3.8, 4) is 28.4 Å². The van der Waals surface area contributed by atoms with Crippen molar-refractivity contribution < 1.29 is 19.7 Å². The van der Waals surface area contributed by atoms with E-state index in [0.29, 0.717) is 18.6 Å². The van der Waals surface area contributed by atoms with Crippen molar-refractivity contribution in [1.29, 1.82) is 0 Å². The molecule has 4 rings (SSSR count). The highest BCUT2D eigenvalue weighted by molar-refractivity contribution is 5.70. The van der Waals surface area contributed by atoms with Crippen molar-refractivity contribution in [2.75, 3.05) is 13.2 Å². The Morgan fingerprint density at radius 2 is 1.71 bits per heavy atom. The Bertz CT molecular complexity index is 958. The van der Waals surface area contributed by atoms with E-state index in [0.717, 1.165) is 22.4 Å². The number of ether oxygens (including phenoxy) is 2. The van der Waals surface area contributed by atoms with Gasteiger partial charge in [0.25, 0.3) is 0 Å². The number of phenols is 2. The Balaban J connectivity index is 1.54. The molecular formula is C23H23NO4. The van der Waals surface area contributed by atoms with Gasteiger partial charge in [0.2, 0.25) is 0 Å². The lowest BCUT2D eigenvalue weighted by Gasteiger charge is -2.32. The van der Waals surface area contributed by atoms with Gasteiger partial charge in [0.05, 0.1) is 12.2 Å². The van der Waals surface area contributed by atoms with Gasteiger partial charge < -0.3 is 25.4 Å². The highest BCUT2D eigenvalue weighted by Gasteiger charge is 2.30. The fourth-order valence-corrected chi connectivity index (χ4v) is 3.65. The van der Waals surface area contributed by atoms with Gasteiger partial charge in [0, 0.05) is 24.1 Å². The molecule has 0 spiro atoms. The molecule has 144 valence electrons. The zero-order chi connectivity index (χ0) is 19.5. The smallest absolute Gasteiger partial charge is 0.161 e. The first-order chi connectivity index (χ1) is 13.7. The quantitative estimate of drug-likeness (QED) is 0.589. The van der Waals surface area contributed by atoms with Crippen LogP contribution in [0.2, 0.25) is 0 Å². The molecule has 0 saturated heterocycles. The van der Waals surface area contributed by atoms with Crippen LogP contribution in [0.15, 0.2) is 66.7 Å². The van der Waals surface area contributed by atoms with Gasteiger partial charge in [0.1, 0.15) is 12.4 Å². The molecule has 2 atom stereocenters. The Labute approximate surface area is 164 Å². The number of aromatic hydroxyl groups is 2. The van der Waals surface area contributed by atoms with E-state index < -0.39 is 0 Å². The van der Waals surface area contributed by atoms with Crippen molar-refractivity contribution in [3.05, 3.63) is 77.9 Å². The number of benzene rings is 3. The lowest BCUT2D eigenvalue weighted by atomic mass is 9.93. The minimum atomic E-state index is -0.340. The van der Waals surface area contributed by atoms with E-state index in [1.54, 1.807) is 6.07 Å². The van der Waals surface area contributed by atoms with E-state index in [4.69, 9.17) is 15.2 Å². The summed E-state index contributed by atoms with van der Waals surface area (Å²) in [6.45, 7) is 0.600. The first kappa shape index (κ1) is 18.3. The summed E-state index contributed by atoms with van der Waals surface area (Å²) in [5.41, 5.74) is 9.45. The number of fused-ring (bicyclic) bond motifs is 1. The predicted octanol–water partition coefficient (Wildman–Crippen LogP) is 3.78. The van der Waals surface area contributed by atoms with Crippen molar-refractivity contribution >= 4 is 0 Å². The summed E-state index contributed by atoms with van der Waals surface area (Å²) in [6.07, 6.45) is -0.176. The Hall–Kier alpha value is -3.02. The number of nitrogens with two attached hydrogens (primary N) is 1. The zero-order valence-corrected chi connectivity index (χ0v) is 15.4. The van der Waals surface area contributed by atoms with E-state index in [1.807, 2.05) is 54.6 Å². The lowest BCUT2D eigenvalue weighted by Crippen LogP contribution is -2.34. The second-order valence-electron chi connectivity index (χ2n) is 6.86. The van der Waals surface area contributed by atoms with Crippen LogP contribution in [0, 0.1) is 0 Å². The van der Waals surface area contributed by atoms with Gasteiger partial charge in [-0.05, 0) is 23.3 Å². The standard InChI is InChI=1S/C23H23NO4/c24-13-22-18-10-11-20(25)23(26)19(18)12-16(28-22)14-27-21-9-5-4-8-17(21)15-6-2-1-3-7-15/h1-11,16,22,25-26H,12-14,24H2/t16-,22-/m0/s1. The number of phenolic OH excluding ortho intramolecular Hbond substituents is 2. The third-order valence-corrected chi connectivity index (χ3v) is 5.04. The Morgan fingerprint density at radius 3 is 2.50 bits per heavy atom. The van der Waals surface area contributed by atoms with Gasteiger partial charge in [0.15, 0.2) is 11.5 Å². The van der Waals surface area contributed by atoms with Gasteiger partial charge in [-0.25, -0.2) is 0 Å². The van der Waals surface area contributed by atoms with E-state index in [9.17, 15) is 10.2 Å². The third kappa shape index (κ3) is 3.54. The summed E-state index contributed by atoms with van der Waals surface area (Å²) in [6, 6.07) is 21.1. The average Bonchev–Trinajstić information content (AvgIpc) is 2.75. The summed E-state index contributed by atoms with van der Waals surface area (Å²) < 4.78 is 12.2. The van der Waals surface area contributed by atoms with Gasteiger partial charge in [-0.1, -0.05) is 54.6 Å². The van der Waals surface area contributed by atoms with Crippen LogP contribution in [0.1, 0.15) is 17.2 Å². The molecule has 5 heteroatoms. The van der Waals surface area contributed by atoms with Crippen LogP contribution >= 0.6 is 0 Å². The summed E-state index contributed by atoms with van der Waals surface area (Å²) >= 11 is 0. The summed E-state index contributed by atoms with van der Waals surface area (Å²) in [4.78, 5) is 0. The van der Waals surface area contributed by atoms with Crippen LogP contribution in [0.5, 0.6) is 17.2 Å². The molecule has 0 aliphatic carbocycles. The molecule has 1 aliphatic heterocycles. The van der Waals surface area contributed by atoms with Gasteiger partial charge in [-0.3, -0.25) is 0 Å². The van der Waals surface area contributed by atoms with Crippen LogP contribution in [0.3, 0.4) is 0 Å². The molecule has 28 heavy (non-hydrogen) atoms. The average molecular weight is 377 g/mol. The topological polar surface area (TPSA) is 84.9 Å². The maximum Gasteiger partial charge on any atom is 0.161 e. The summed E-state index contributed by atoms with van der Waals surface area (Å²) in [5, 5.41) is 20.1. The molecule has 1 aliphatic rings. The minimum Gasteiger partial charge on any atom is -0.504 e. The monoisotopic (exact) mass is 377 g/mol. The van der Waals surface area contributed by atoms with Gasteiger partial charge in [-0.15, -0.1) is 0 Å². The fraction of sp³-hybridized carbons (Fsp3) is 0.217. The van der Waals surface area contributed by atoms with Crippen LogP contribution in [-0.2, 0) is 11.2 Å². The second kappa shape index (κ2) is 7.92. The first-order valence-corrected chi connectivity index (χ1v) is 9.34. The van der Waals surface area contributed by atoms with Gasteiger partial charge >= 0.3 is 0 Å². The van der Waals surface area contributed by atoms with Crippen LogP contribution in [-0.4, -0.2) is 29.5 Å². The largest absolute Gasteiger partial charge is 0.504 e. The summed E-state index contributed by atoms with van der Waals surface area (Å²) in [5.74, 6) is 0.534. The maximum atomic E-state index is 10.3. The molecule has 5 nitrogen and oxygen atoms in total. The van der Waals surface area contributed by atoms with E-state index >= 15 is 0 Å². The second-order valence-corrected chi connectivity index (χ2v) is 6.86. The van der Waals surface area contributed by atoms with Crippen molar-refractivity contribution in [1.82, 2.24) is 0 Å². The van der Waals surface area contributed by atoms with Crippen molar-refractivity contribution in [3.63, 3.8) is 0 Å². The number of hydrogen-bond donors (Lipinski definition) is 3. The number of rotatable bonds is 5. The first-order valence-electron chi connectivity index (χ1n) is 9.34. The van der Waals surface area contributed by atoms with Crippen molar-refractivity contribution in [2.45, 2.75) is 18.6 Å². The molecular weight excluding hydrogens is 354 g/mol. The Morgan fingerprint density at radius 1 is 0.964 bits per heavy atom.